The van der Waals surface area contributed by atoms with Gasteiger partial charge in [-0.05, 0) is 75.1 Å². The molecule has 2 aliphatic carbocycles. The van der Waals surface area contributed by atoms with Crippen LogP contribution in [0.15, 0.2) is 137 Å². The van der Waals surface area contributed by atoms with Gasteiger partial charge in [0.1, 0.15) is 5.92 Å². The molecule has 1 atom stereocenters. The van der Waals surface area contributed by atoms with E-state index in [1.807, 2.05) is 12.1 Å². The second-order valence-corrected chi connectivity index (χ2v) is 19.1. The van der Waals surface area contributed by atoms with Crippen molar-refractivity contribution in [1.29, 1.82) is 0 Å². The summed E-state index contributed by atoms with van der Waals surface area (Å²) in [5, 5.41) is 4.26. The molecule has 0 bridgehead atoms. The number of carbonyl (C=O) groups excluding carboxylic acids is 2. The Kier molecular flexibility index (Phi) is 13.7. The molecule has 65 heavy (non-hydrogen) atoms. The molecule has 5 heteroatoms. The van der Waals surface area contributed by atoms with Crippen LogP contribution >= 0.6 is 0 Å². The number of anilines is 1. The fourth-order valence-electron chi connectivity index (χ4n) is 9.22. The van der Waals surface area contributed by atoms with Gasteiger partial charge in [0.15, 0.2) is 0 Å². The second-order valence-electron chi connectivity index (χ2n) is 19.1. The lowest BCUT2D eigenvalue weighted by Crippen LogP contribution is -2.12. The zero-order valence-electron chi connectivity index (χ0n) is 40.1. The van der Waals surface area contributed by atoms with Gasteiger partial charge in [0.05, 0.1) is 29.7 Å². The van der Waals surface area contributed by atoms with E-state index in [0.717, 1.165) is 44.8 Å². The summed E-state index contributed by atoms with van der Waals surface area (Å²) in [5.41, 5.74) is 22.1. The van der Waals surface area contributed by atoms with E-state index < -0.39 is 0 Å². The third-order valence-electron chi connectivity index (χ3n) is 12.7. The molecule has 0 aliphatic heterocycles. The predicted octanol–water partition coefficient (Wildman–Crippen LogP) is 16.1. The zero-order chi connectivity index (χ0) is 46.9. The van der Waals surface area contributed by atoms with Gasteiger partial charge in [0, 0.05) is 44.3 Å². The summed E-state index contributed by atoms with van der Waals surface area (Å²) in [7, 11) is 0. The van der Waals surface area contributed by atoms with Crippen LogP contribution in [0.1, 0.15) is 177 Å². The topological polar surface area (TPSA) is 84.9 Å². The van der Waals surface area contributed by atoms with Crippen LogP contribution in [0.25, 0.3) is 21.5 Å². The summed E-state index contributed by atoms with van der Waals surface area (Å²) in [4.78, 5) is 34.2. The van der Waals surface area contributed by atoms with Crippen LogP contribution in [0.5, 0.6) is 0 Å². The molecule has 0 amide bonds. The first-order chi connectivity index (χ1) is 31.0. The highest BCUT2D eigenvalue weighted by atomic mass is 16.2. The van der Waals surface area contributed by atoms with Crippen molar-refractivity contribution in [2.24, 2.45) is 9.98 Å². The van der Waals surface area contributed by atoms with Crippen molar-refractivity contribution in [3.05, 3.63) is 190 Å². The molecular weight excluding hydrogens is 795 g/mol. The fourth-order valence-corrected chi connectivity index (χ4v) is 9.22. The number of hydrogen-bond donors (Lipinski definition) is 1. The maximum absolute atomic E-state index is 11.5. The minimum absolute atomic E-state index is 0.263. The molecule has 330 valence electrons. The first-order valence-corrected chi connectivity index (χ1v) is 23.3. The largest absolute Gasteiger partial charge is 0.398 e. The maximum Gasteiger partial charge on any atom is 0.234 e. The summed E-state index contributed by atoms with van der Waals surface area (Å²) in [6.45, 7) is 28.4. The molecule has 9 rings (SSSR count). The number of Topliss-reactive ketones (excluding diaryl/α,β-unsaturated/α-hetero) is 2. The average Bonchev–Trinajstić information content (AvgIpc) is 3.71. The normalized spacial score (nSPS) is 14.6. The number of nitrogen functional groups attached to an aromatic ring is 1. The van der Waals surface area contributed by atoms with Gasteiger partial charge in [-0.3, -0.25) is 9.59 Å². The zero-order valence-corrected chi connectivity index (χ0v) is 40.1. The summed E-state index contributed by atoms with van der Waals surface area (Å²) >= 11 is 0. The van der Waals surface area contributed by atoms with Crippen molar-refractivity contribution >= 4 is 61.6 Å². The van der Waals surface area contributed by atoms with Gasteiger partial charge in [-0.15, -0.1) is 0 Å². The SMILES string of the molecule is CC(C)c1cccc(C(C)C)c1N=C1C(=Nc2c(C(C)C)cccc2C(C)C)c2cccc3cccc1c23.O=C1C(=O)c2cccc3cccc1c23.[CH2+]C(C)c1cccc(C(C)C)c1N. The fraction of sp³-hybridized carbons (Fsp3) is 0.283. The standard InChI is InChI=1S/C36H40N2.C12H18N.C12H6O2/c1-21(2)26-15-11-16-27(22(3)4)33(26)37-35-30-19-9-13-25-14-10-20-31(32(25)30)36(35)38-34-28(23(5)6)17-12-18-29(34)24(7)8;1-8(2)10-6-5-7-11(9(3)4)12(10)13;13-11-8-5-1-3-7-4-2-6-9(10(7)8)12(11)14/h9-24H,1-8H3;5-9H,1,13H2,2-4H3;1-6H/q;+1;. The van der Waals surface area contributed by atoms with E-state index in [1.165, 1.54) is 49.7 Å². The number of ketones is 2. The first-order valence-electron chi connectivity index (χ1n) is 23.3. The molecule has 2 aliphatic rings. The van der Waals surface area contributed by atoms with E-state index in [-0.39, 0.29) is 17.5 Å². The van der Waals surface area contributed by atoms with Gasteiger partial charge in [-0.2, -0.15) is 0 Å². The quantitative estimate of drug-likeness (QED) is 0.0938. The number of nitrogens with two attached hydrogens (primary N) is 1. The van der Waals surface area contributed by atoms with Gasteiger partial charge in [-0.25, -0.2) is 9.98 Å². The lowest BCUT2D eigenvalue weighted by Gasteiger charge is -2.19. The molecule has 7 aromatic rings. The maximum atomic E-state index is 11.5. The number of aliphatic imine (C=N–C) groups is 2. The van der Waals surface area contributed by atoms with E-state index >= 15 is 0 Å². The summed E-state index contributed by atoms with van der Waals surface area (Å²) in [6, 6.07) is 43.5. The number of rotatable bonds is 8. The Morgan fingerprint density at radius 2 is 0.662 bits per heavy atom. The van der Waals surface area contributed by atoms with E-state index in [2.05, 4.69) is 174 Å². The van der Waals surface area contributed by atoms with Crippen molar-refractivity contribution in [2.75, 3.05) is 5.73 Å². The second kappa shape index (κ2) is 19.3. The Bertz CT molecular complexity index is 2760. The minimum atomic E-state index is -0.378. The summed E-state index contributed by atoms with van der Waals surface area (Å²) in [5.74, 6) is 1.50. The molecule has 1 unspecified atom stereocenters. The number of benzene rings is 7. The Morgan fingerprint density at radius 3 is 0.985 bits per heavy atom. The third-order valence-corrected chi connectivity index (χ3v) is 12.7. The molecule has 0 aromatic heterocycles. The Morgan fingerprint density at radius 1 is 0.385 bits per heavy atom. The molecule has 2 N–H and O–H groups in total. The molecule has 5 nitrogen and oxygen atoms in total. The Balaban J connectivity index is 0.000000188. The van der Waals surface area contributed by atoms with Crippen molar-refractivity contribution in [3.8, 4) is 0 Å². The molecule has 0 spiro atoms. The van der Waals surface area contributed by atoms with E-state index in [1.54, 1.807) is 24.3 Å². The van der Waals surface area contributed by atoms with Crippen LogP contribution in [-0.2, 0) is 0 Å². The van der Waals surface area contributed by atoms with Gasteiger partial charge in [0.25, 0.3) is 0 Å². The van der Waals surface area contributed by atoms with Crippen molar-refractivity contribution in [2.45, 2.75) is 112 Å². The summed E-state index contributed by atoms with van der Waals surface area (Å²) in [6.07, 6.45) is 0. The molecule has 7 aromatic carbocycles. The summed E-state index contributed by atoms with van der Waals surface area (Å²) < 4.78 is 0. The third kappa shape index (κ3) is 9.07. The predicted molar refractivity (Wildman–Crippen MR) is 277 cm³/mol. The van der Waals surface area contributed by atoms with Gasteiger partial charge < -0.3 is 5.73 Å². The van der Waals surface area contributed by atoms with Crippen molar-refractivity contribution in [1.82, 2.24) is 0 Å². The van der Waals surface area contributed by atoms with Gasteiger partial charge >= 0.3 is 0 Å². The Hall–Kier alpha value is -6.59. The van der Waals surface area contributed by atoms with Gasteiger partial charge in [0.2, 0.25) is 11.6 Å². The highest BCUT2D eigenvalue weighted by molar-refractivity contribution is 6.61. The molecule has 0 saturated heterocycles. The number of para-hydroxylation sites is 3. The van der Waals surface area contributed by atoms with Crippen LogP contribution in [0.4, 0.5) is 17.1 Å². The number of hydrogen-bond acceptors (Lipinski definition) is 5. The van der Waals surface area contributed by atoms with E-state index in [0.29, 0.717) is 40.7 Å². The minimum Gasteiger partial charge on any atom is -0.398 e. The van der Waals surface area contributed by atoms with Crippen LogP contribution in [0.2, 0.25) is 0 Å². The van der Waals surface area contributed by atoms with Crippen LogP contribution in [0, 0.1) is 6.92 Å². The number of nitrogens with zero attached hydrogens (tertiary/aromatic N) is 2. The Labute approximate surface area is 387 Å². The number of carbonyl (C=O) groups is 2. The lowest BCUT2D eigenvalue weighted by molar-refractivity contribution is 0.0825. The van der Waals surface area contributed by atoms with Crippen LogP contribution in [-0.4, -0.2) is 23.0 Å². The monoisotopic (exact) mass is 858 g/mol. The van der Waals surface area contributed by atoms with E-state index in [9.17, 15) is 9.59 Å². The molecule has 0 saturated carbocycles. The van der Waals surface area contributed by atoms with Gasteiger partial charge in [-0.1, -0.05) is 197 Å². The molecule has 0 fully saturated rings. The van der Waals surface area contributed by atoms with Crippen molar-refractivity contribution in [3.63, 3.8) is 0 Å². The highest BCUT2D eigenvalue weighted by Crippen LogP contribution is 2.41. The first kappa shape index (κ1) is 46.4. The lowest BCUT2D eigenvalue weighted by atomic mass is 9.92. The van der Waals surface area contributed by atoms with Crippen molar-refractivity contribution < 1.29 is 9.59 Å². The highest BCUT2D eigenvalue weighted by Gasteiger charge is 2.31. The molecular formula is C60H64N3O2+. The van der Waals surface area contributed by atoms with Crippen LogP contribution in [0.3, 0.4) is 0 Å². The van der Waals surface area contributed by atoms with Crippen LogP contribution < -0.4 is 5.73 Å². The molecule has 0 heterocycles. The smallest absolute Gasteiger partial charge is 0.234 e. The average molecular weight is 859 g/mol. The molecule has 0 radical (unpaired) electrons. The van der Waals surface area contributed by atoms with E-state index in [4.69, 9.17) is 15.7 Å².